The zero-order valence-corrected chi connectivity index (χ0v) is 21.0. The average Bonchev–Trinajstić information content (AvgIpc) is 3.24. The Kier molecular flexibility index (Phi) is 8.19. The largest absolute Gasteiger partial charge is 0.494 e. The number of nitrogens with zero attached hydrogens (tertiary/aromatic N) is 2. The Balaban J connectivity index is 1.33. The normalized spacial score (nSPS) is 12.0. The lowest BCUT2D eigenvalue weighted by Crippen LogP contribution is -2.25. The third-order valence-electron chi connectivity index (χ3n) is 6.53. The van der Waals surface area contributed by atoms with Crippen LogP contribution in [0.25, 0.3) is 11.0 Å². The number of ether oxygens (including phenoxy) is 1. The first-order chi connectivity index (χ1) is 17.0. The monoisotopic (exact) mass is 469 g/mol. The van der Waals surface area contributed by atoms with Crippen molar-refractivity contribution in [2.24, 2.45) is 0 Å². The first-order valence-corrected chi connectivity index (χ1v) is 12.6. The van der Waals surface area contributed by atoms with Gasteiger partial charge < -0.3 is 14.6 Å². The predicted molar refractivity (Wildman–Crippen MR) is 142 cm³/mol. The zero-order chi connectivity index (χ0) is 24.6. The Bertz CT molecular complexity index is 1260. The van der Waals surface area contributed by atoms with Gasteiger partial charge in [0.1, 0.15) is 11.6 Å². The molecule has 0 fully saturated rings. The summed E-state index contributed by atoms with van der Waals surface area (Å²) in [6, 6.07) is 24.2. The van der Waals surface area contributed by atoms with Crippen LogP contribution in [0.5, 0.6) is 5.75 Å². The fourth-order valence-corrected chi connectivity index (χ4v) is 4.25. The molecule has 0 spiro atoms. The van der Waals surface area contributed by atoms with E-state index < -0.39 is 0 Å². The van der Waals surface area contributed by atoms with E-state index in [-0.39, 0.29) is 5.91 Å². The number of carbonyl (C=O) groups excluding carboxylic acids is 1. The van der Waals surface area contributed by atoms with Crippen LogP contribution in [0.3, 0.4) is 0 Å². The first kappa shape index (κ1) is 24.5. The predicted octanol–water partition coefficient (Wildman–Crippen LogP) is 6.65. The van der Waals surface area contributed by atoms with Crippen LogP contribution >= 0.6 is 0 Å². The van der Waals surface area contributed by atoms with Crippen molar-refractivity contribution < 1.29 is 9.53 Å². The van der Waals surface area contributed by atoms with Crippen molar-refractivity contribution >= 4 is 16.9 Å². The number of rotatable bonds is 11. The van der Waals surface area contributed by atoms with E-state index in [2.05, 4.69) is 54.1 Å². The van der Waals surface area contributed by atoms with E-state index in [1.165, 1.54) is 5.56 Å². The van der Waals surface area contributed by atoms with Gasteiger partial charge in [0.05, 0.1) is 24.2 Å². The molecule has 1 aromatic heterocycles. The van der Waals surface area contributed by atoms with Crippen LogP contribution in [0.4, 0.5) is 0 Å². The molecule has 1 N–H and O–H groups in total. The second-order valence-corrected chi connectivity index (χ2v) is 9.15. The van der Waals surface area contributed by atoms with Crippen LogP contribution in [0.15, 0.2) is 72.8 Å². The van der Waals surface area contributed by atoms with Crippen molar-refractivity contribution in [2.45, 2.75) is 59.0 Å². The minimum atomic E-state index is -0.0833. The van der Waals surface area contributed by atoms with Gasteiger partial charge in [0.2, 0.25) is 0 Å². The maximum atomic E-state index is 12.6. The number of aromatic nitrogens is 2. The quantitative estimate of drug-likeness (QED) is 0.250. The van der Waals surface area contributed by atoms with E-state index in [1.807, 2.05) is 49.4 Å². The molecule has 0 aliphatic carbocycles. The molecule has 1 atom stereocenters. The molecule has 0 aliphatic heterocycles. The van der Waals surface area contributed by atoms with E-state index in [4.69, 9.17) is 9.72 Å². The van der Waals surface area contributed by atoms with Crippen molar-refractivity contribution in [3.63, 3.8) is 0 Å². The maximum absolute atomic E-state index is 12.6. The molecule has 1 heterocycles. The maximum Gasteiger partial charge on any atom is 0.251 e. The van der Waals surface area contributed by atoms with Gasteiger partial charge in [0.25, 0.3) is 5.91 Å². The summed E-state index contributed by atoms with van der Waals surface area (Å²) in [6.45, 7) is 8.34. The molecule has 0 bridgehead atoms. The Hall–Kier alpha value is -3.60. The molecule has 0 saturated heterocycles. The average molecular weight is 470 g/mol. The number of benzene rings is 3. The number of nitrogens with one attached hydrogen (secondary N) is 1. The van der Waals surface area contributed by atoms with Gasteiger partial charge in [0.15, 0.2) is 0 Å². The molecule has 0 aliphatic rings. The number of carbonyl (C=O) groups is 1. The third kappa shape index (κ3) is 6.30. The van der Waals surface area contributed by atoms with Gasteiger partial charge in [-0.15, -0.1) is 0 Å². The second kappa shape index (κ2) is 11.7. The highest BCUT2D eigenvalue weighted by atomic mass is 16.5. The molecule has 4 aromatic rings. The Labute approximate surface area is 208 Å². The smallest absolute Gasteiger partial charge is 0.251 e. The summed E-state index contributed by atoms with van der Waals surface area (Å²) in [7, 11) is 0. The minimum Gasteiger partial charge on any atom is -0.494 e. The van der Waals surface area contributed by atoms with Crippen LogP contribution in [0.1, 0.15) is 66.3 Å². The van der Waals surface area contributed by atoms with Crippen molar-refractivity contribution in [3.8, 4) is 5.75 Å². The van der Waals surface area contributed by atoms with Crippen molar-refractivity contribution in [1.82, 2.24) is 14.9 Å². The van der Waals surface area contributed by atoms with Gasteiger partial charge in [-0.25, -0.2) is 4.98 Å². The van der Waals surface area contributed by atoms with Gasteiger partial charge in [-0.1, -0.05) is 55.8 Å². The highest BCUT2D eigenvalue weighted by molar-refractivity contribution is 5.94. The number of hydrogen-bond donors (Lipinski definition) is 1. The van der Waals surface area contributed by atoms with Crippen LogP contribution in [-0.4, -0.2) is 22.1 Å². The SMILES string of the molecule is CCC(C)c1ccc(OCCCCn2c(CNC(=O)c3cccc(C)c3)nc3ccccc32)cc1. The summed E-state index contributed by atoms with van der Waals surface area (Å²) >= 11 is 0. The number of hydrogen-bond acceptors (Lipinski definition) is 3. The number of imidazole rings is 1. The van der Waals surface area contributed by atoms with Gasteiger partial charge in [-0.3, -0.25) is 4.79 Å². The summed E-state index contributed by atoms with van der Waals surface area (Å²) in [6.07, 6.45) is 3.04. The lowest BCUT2D eigenvalue weighted by atomic mass is 9.99. The van der Waals surface area contributed by atoms with Gasteiger partial charge in [-0.2, -0.15) is 0 Å². The van der Waals surface area contributed by atoms with E-state index in [9.17, 15) is 4.79 Å². The second-order valence-electron chi connectivity index (χ2n) is 9.15. The molecule has 182 valence electrons. The molecular weight excluding hydrogens is 434 g/mol. The van der Waals surface area contributed by atoms with Crippen LogP contribution < -0.4 is 10.1 Å². The molecule has 0 saturated carbocycles. The van der Waals surface area contributed by atoms with Crippen molar-refractivity contribution in [1.29, 1.82) is 0 Å². The fourth-order valence-electron chi connectivity index (χ4n) is 4.25. The molecule has 0 radical (unpaired) electrons. The Morgan fingerprint density at radius 3 is 2.60 bits per heavy atom. The third-order valence-corrected chi connectivity index (χ3v) is 6.53. The van der Waals surface area contributed by atoms with E-state index in [1.54, 1.807) is 0 Å². The van der Waals surface area contributed by atoms with Crippen LogP contribution in [0.2, 0.25) is 0 Å². The highest BCUT2D eigenvalue weighted by Gasteiger charge is 2.12. The molecule has 5 heteroatoms. The lowest BCUT2D eigenvalue weighted by molar-refractivity contribution is 0.0949. The summed E-state index contributed by atoms with van der Waals surface area (Å²) in [5, 5.41) is 3.04. The number of unbranched alkanes of at least 4 members (excludes halogenated alkanes) is 1. The molecule has 4 rings (SSSR count). The first-order valence-electron chi connectivity index (χ1n) is 12.6. The standard InChI is InChI=1S/C30H35N3O2/c1-4-23(3)24-14-16-26(17-15-24)35-19-8-7-18-33-28-13-6-5-12-27(28)32-29(33)21-31-30(34)25-11-9-10-22(2)20-25/h5-6,9-17,20,23H,4,7-8,18-19,21H2,1-3H3,(H,31,34). The van der Waals surface area contributed by atoms with E-state index >= 15 is 0 Å². The summed E-state index contributed by atoms with van der Waals surface area (Å²) < 4.78 is 8.18. The number of fused-ring (bicyclic) bond motifs is 1. The highest BCUT2D eigenvalue weighted by Crippen LogP contribution is 2.22. The van der Waals surface area contributed by atoms with Gasteiger partial charge >= 0.3 is 0 Å². The summed E-state index contributed by atoms with van der Waals surface area (Å²) in [5.74, 6) is 2.28. The summed E-state index contributed by atoms with van der Waals surface area (Å²) in [5.41, 5.74) is 5.13. The van der Waals surface area contributed by atoms with Crippen molar-refractivity contribution in [2.75, 3.05) is 6.61 Å². The number of amides is 1. The lowest BCUT2D eigenvalue weighted by Gasteiger charge is -2.12. The summed E-state index contributed by atoms with van der Waals surface area (Å²) in [4.78, 5) is 17.4. The molecule has 1 amide bonds. The van der Waals surface area contributed by atoms with E-state index in [0.29, 0.717) is 24.6 Å². The Morgan fingerprint density at radius 1 is 1.03 bits per heavy atom. The molecule has 1 unspecified atom stereocenters. The topological polar surface area (TPSA) is 56.1 Å². The molecule has 35 heavy (non-hydrogen) atoms. The van der Waals surface area contributed by atoms with Crippen molar-refractivity contribution in [3.05, 3.63) is 95.3 Å². The van der Waals surface area contributed by atoms with Crippen LogP contribution in [-0.2, 0) is 13.1 Å². The Morgan fingerprint density at radius 2 is 1.83 bits per heavy atom. The van der Waals surface area contributed by atoms with E-state index in [0.717, 1.165) is 54.0 Å². The zero-order valence-electron chi connectivity index (χ0n) is 21.0. The molecule has 3 aromatic carbocycles. The molecule has 5 nitrogen and oxygen atoms in total. The fraction of sp³-hybridized carbons (Fsp3) is 0.333. The van der Waals surface area contributed by atoms with Gasteiger partial charge in [-0.05, 0) is 74.1 Å². The number of aryl methyl sites for hydroxylation is 2. The number of para-hydroxylation sites is 2. The van der Waals surface area contributed by atoms with Crippen LogP contribution in [0, 0.1) is 6.92 Å². The van der Waals surface area contributed by atoms with Gasteiger partial charge in [0, 0.05) is 12.1 Å². The molecular formula is C30H35N3O2. The minimum absolute atomic E-state index is 0.0833.